The summed E-state index contributed by atoms with van der Waals surface area (Å²) in [5.41, 5.74) is 3.83. The first-order valence-corrected chi connectivity index (χ1v) is 8.14. The molecule has 0 aliphatic rings. The van der Waals surface area contributed by atoms with Crippen LogP contribution in [0.25, 0.3) is 22.6 Å². The van der Waals surface area contributed by atoms with Gasteiger partial charge in [0.05, 0.1) is 5.56 Å². The number of amides is 1. The van der Waals surface area contributed by atoms with Crippen LogP contribution in [0.1, 0.15) is 15.9 Å². The van der Waals surface area contributed by atoms with E-state index in [0.29, 0.717) is 17.2 Å². The third-order valence-electron chi connectivity index (χ3n) is 4.03. The number of aryl methyl sites for hydroxylation is 1. The Kier molecular flexibility index (Phi) is 3.97. The Morgan fingerprint density at radius 3 is 2.73 bits per heavy atom. The lowest BCUT2D eigenvalue weighted by Gasteiger charge is -2.07. The lowest BCUT2D eigenvalue weighted by molar-refractivity contribution is 0.102. The van der Waals surface area contributed by atoms with E-state index in [1.165, 1.54) is 12.1 Å². The van der Waals surface area contributed by atoms with Gasteiger partial charge in [-0.1, -0.05) is 24.3 Å². The summed E-state index contributed by atoms with van der Waals surface area (Å²) in [6, 6.07) is 18.8. The molecule has 4 nitrogen and oxygen atoms in total. The predicted octanol–water partition coefficient (Wildman–Crippen LogP) is 5.19. The number of anilines is 1. The second kappa shape index (κ2) is 6.44. The molecule has 1 heterocycles. The molecule has 26 heavy (non-hydrogen) atoms. The van der Waals surface area contributed by atoms with Crippen molar-refractivity contribution in [1.29, 1.82) is 0 Å². The van der Waals surface area contributed by atoms with E-state index in [9.17, 15) is 9.18 Å². The van der Waals surface area contributed by atoms with Crippen molar-refractivity contribution >= 4 is 22.7 Å². The molecule has 0 fully saturated rings. The first-order chi connectivity index (χ1) is 12.6. The molecule has 0 atom stereocenters. The molecule has 1 N–H and O–H groups in total. The molecule has 0 saturated carbocycles. The van der Waals surface area contributed by atoms with Crippen molar-refractivity contribution < 1.29 is 13.6 Å². The molecule has 0 aliphatic heterocycles. The van der Waals surface area contributed by atoms with E-state index >= 15 is 0 Å². The number of rotatable bonds is 3. The quantitative estimate of drug-likeness (QED) is 0.555. The van der Waals surface area contributed by atoms with Gasteiger partial charge in [0, 0.05) is 11.3 Å². The Morgan fingerprint density at radius 2 is 1.88 bits per heavy atom. The Labute approximate surface area is 149 Å². The number of oxazole rings is 1. The molecule has 5 heteroatoms. The molecule has 0 bridgehead atoms. The highest BCUT2D eigenvalue weighted by atomic mass is 19.1. The van der Waals surface area contributed by atoms with E-state index in [-0.39, 0.29) is 5.56 Å². The molecule has 0 spiro atoms. The monoisotopic (exact) mass is 346 g/mol. The summed E-state index contributed by atoms with van der Waals surface area (Å²) < 4.78 is 19.6. The SMILES string of the molecule is Cc1ccc2nc(-c3cccc(NC(=O)c4ccccc4F)c3)oc2c1. The fraction of sp³-hybridized carbons (Fsp3) is 0.0476. The van der Waals surface area contributed by atoms with E-state index in [0.717, 1.165) is 16.6 Å². The number of benzene rings is 3. The topological polar surface area (TPSA) is 55.1 Å². The summed E-state index contributed by atoms with van der Waals surface area (Å²) in [6.45, 7) is 1.99. The van der Waals surface area contributed by atoms with Crippen molar-refractivity contribution in [2.75, 3.05) is 5.32 Å². The first kappa shape index (κ1) is 16.0. The van der Waals surface area contributed by atoms with Crippen molar-refractivity contribution in [3.05, 3.63) is 83.7 Å². The number of hydrogen-bond acceptors (Lipinski definition) is 3. The van der Waals surface area contributed by atoms with E-state index in [2.05, 4.69) is 10.3 Å². The molecule has 0 saturated heterocycles. The van der Waals surface area contributed by atoms with Gasteiger partial charge in [0.15, 0.2) is 5.58 Å². The Hall–Kier alpha value is -3.47. The number of aromatic nitrogens is 1. The van der Waals surface area contributed by atoms with Crippen molar-refractivity contribution in [3.8, 4) is 11.5 Å². The Morgan fingerprint density at radius 1 is 1.04 bits per heavy atom. The van der Waals surface area contributed by atoms with Crippen LogP contribution in [0.2, 0.25) is 0 Å². The molecule has 1 aromatic heterocycles. The van der Waals surface area contributed by atoms with Gasteiger partial charge in [-0.05, 0) is 55.0 Å². The maximum atomic E-state index is 13.8. The van der Waals surface area contributed by atoms with Crippen LogP contribution < -0.4 is 5.32 Å². The van der Waals surface area contributed by atoms with Crippen LogP contribution in [0.3, 0.4) is 0 Å². The second-order valence-electron chi connectivity index (χ2n) is 6.00. The Balaban J connectivity index is 1.64. The van der Waals surface area contributed by atoms with Gasteiger partial charge in [0.2, 0.25) is 5.89 Å². The zero-order chi connectivity index (χ0) is 18.1. The van der Waals surface area contributed by atoms with Gasteiger partial charge in [-0.15, -0.1) is 0 Å². The van der Waals surface area contributed by atoms with E-state index < -0.39 is 11.7 Å². The highest BCUT2D eigenvalue weighted by Gasteiger charge is 2.13. The number of halogens is 1. The smallest absolute Gasteiger partial charge is 0.258 e. The van der Waals surface area contributed by atoms with Crippen molar-refractivity contribution in [3.63, 3.8) is 0 Å². The average molecular weight is 346 g/mol. The van der Waals surface area contributed by atoms with Crippen molar-refractivity contribution in [1.82, 2.24) is 4.98 Å². The van der Waals surface area contributed by atoms with Crippen LogP contribution >= 0.6 is 0 Å². The molecular weight excluding hydrogens is 331 g/mol. The minimum atomic E-state index is -0.560. The minimum absolute atomic E-state index is 0.00441. The summed E-state index contributed by atoms with van der Waals surface area (Å²) in [4.78, 5) is 16.7. The number of hydrogen-bond donors (Lipinski definition) is 1. The van der Waals surface area contributed by atoms with E-state index in [1.807, 2.05) is 31.2 Å². The number of fused-ring (bicyclic) bond motifs is 1. The lowest BCUT2D eigenvalue weighted by atomic mass is 10.1. The summed E-state index contributed by atoms with van der Waals surface area (Å²) in [7, 11) is 0. The molecule has 3 aromatic carbocycles. The maximum Gasteiger partial charge on any atom is 0.258 e. The highest BCUT2D eigenvalue weighted by Crippen LogP contribution is 2.27. The largest absolute Gasteiger partial charge is 0.436 e. The van der Waals surface area contributed by atoms with Crippen molar-refractivity contribution in [2.45, 2.75) is 6.92 Å². The number of carbonyl (C=O) groups is 1. The fourth-order valence-corrected chi connectivity index (χ4v) is 2.73. The summed E-state index contributed by atoms with van der Waals surface area (Å²) in [5.74, 6) is -0.600. The molecule has 4 rings (SSSR count). The summed E-state index contributed by atoms with van der Waals surface area (Å²) in [5, 5.41) is 2.70. The van der Waals surface area contributed by atoms with Crippen LogP contribution in [0, 0.1) is 12.7 Å². The molecule has 1 amide bonds. The zero-order valence-electron chi connectivity index (χ0n) is 14.0. The number of nitrogens with zero attached hydrogens (tertiary/aromatic N) is 1. The third-order valence-corrected chi connectivity index (χ3v) is 4.03. The van der Waals surface area contributed by atoms with Crippen LogP contribution in [0.15, 0.2) is 71.1 Å². The number of nitrogens with one attached hydrogen (secondary N) is 1. The van der Waals surface area contributed by atoms with E-state index in [4.69, 9.17) is 4.42 Å². The van der Waals surface area contributed by atoms with Gasteiger partial charge in [-0.2, -0.15) is 0 Å². The maximum absolute atomic E-state index is 13.8. The summed E-state index contributed by atoms with van der Waals surface area (Å²) in [6.07, 6.45) is 0. The molecule has 0 unspecified atom stereocenters. The Bertz CT molecular complexity index is 1120. The van der Waals surface area contributed by atoms with Gasteiger partial charge < -0.3 is 9.73 Å². The lowest BCUT2D eigenvalue weighted by Crippen LogP contribution is -2.13. The normalized spacial score (nSPS) is 10.8. The van der Waals surface area contributed by atoms with Crippen molar-refractivity contribution in [2.24, 2.45) is 0 Å². The predicted molar refractivity (Wildman–Crippen MR) is 98.5 cm³/mol. The van der Waals surface area contributed by atoms with Crippen LogP contribution in [0.4, 0.5) is 10.1 Å². The molecule has 128 valence electrons. The minimum Gasteiger partial charge on any atom is -0.436 e. The highest BCUT2D eigenvalue weighted by molar-refractivity contribution is 6.04. The zero-order valence-corrected chi connectivity index (χ0v) is 14.0. The van der Waals surface area contributed by atoms with Crippen LogP contribution in [0.5, 0.6) is 0 Å². The van der Waals surface area contributed by atoms with Gasteiger partial charge in [0.1, 0.15) is 11.3 Å². The van der Waals surface area contributed by atoms with E-state index in [1.54, 1.807) is 30.3 Å². The second-order valence-corrected chi connectivity index (χ2v) is 6.00. The summed E-state index contributed by atoms with van der Waals surface area (Å²) >= 11 is 0. The fourth-order valence-electron chi connectivity index (χ4n) is 2.73. The van der Waals surface area contributed by atoms with Gasteiger partial charge in [0.25, 0.3) is 5.91 Å². The average Bonchev–Trinajstić information content (AvgIpc) is 3.05. The molecular formula is C21H15FN2O2. The van der Waals surface area contributed by atoms with Gasteiger partial charge in [-0.25, -0.2) is 9.37 Å². The van der Waals surface area contributed by atoms with Gasteiger partial charge >= 0.3 is 0 Å². The van der Waals surface area contributed by atoms with Crippen LogP contribution in [-0.4, -0.2) is 10.9 Å². The standard InChI is InChI=1S/C21H15FN2O2/c1-13-9-10-18-19(11-13)26-21(24-18)14-5-4-6-15(12-14)23-20(25)16-7-2-3-8-17(16)22/h2-12H,1H3,(H,23,25). The third kappa shape index (κ3) is 3.07. The molecule has 0 radical (unpaired) electrons. The van der Waals surface area contributed by atoms with Gasteiger partial charge in [-0.3, -0.25) is 4.79 Å². The van der Waals surface area contributed by atoms with Crippen LogP contribution in [-0.2, 0) is 0 Å². The molecule has 4 aromatic rings. The number of carbonyl (C=O) groups excluding carboxylic acids is 1. The first-order valence-electron chi connectivity index (χ1n) is 8.14. The molecule has 0 aliphatic carbocycles.